The average Bonchev–Trinajstić information content (AvgIpc) is 3.08. The highest BCUT2D eigenvalue weighted by Gasteiger charge is 2.23. The Labute approximate surface area is 177 Å². The molecule has 1 aromatic heterocycles. The Hall–Kier alpha value is -2.87. The lowest BCUT2D eigenvalue weighted by Crippen LogP contribution is -2.29. The van der Waals surface area contributed by atoms with Crippen LogP contribution in [0.5, 0.6) is 0 Å². The van der Waals surface area contributed by atoms with Gasteiger partial charge >= 0.3 is 0 Å². The molecule has 3 rings (SSSR count). The standard InChI is InChI=1S/C20H18Cl2N4O3/c1-11-17(18(26-29-11)13-4-2-3-5-15(13)21)20(28)25-12-6-7-14(16(22)10-12)19(27)24-9-8-23/h2-7,10H,8-9,23H2,1H3,(H,24,27)(H,25,28). The van der Waals surface area contributed by atoms with Crippen molar-refractivity contribution in [1.29, 1.82) is 0 Å². The lowest BCUT2D eigenvalue weighted by molar-refractivity contribution is 0.0954. The lowest BCUT2D eigenvalue weighted by Gasteiger charge is -2.10. The third kappa shape index (κ3) is 4.59. The number of rotatable bonds is 6. The van der Waals surface area contributed by atoms with Crippen molar-refractivity contribution >= 4 is 40.7 Å². The van der Waals surface area contributed by atoms with Gasteiger partial charge in [-0.15, -0.1) is 0 Å². The lowest BCUT2D eigenvalue weighted by atomic mass is 10.1. The Bertz CT molecular complexity index is 1070. The summed E-state index contributed by atoms with van der Waals surface area (Å²) in [6, 6.07) is 11.6. The van der Waals surface area contributed by atoms with Gasteiger partial charge < -0.3 is 20.9 Å². The van der Waals surface area contributed by atoms with Gasteiger partial charge in [-0.05, 0) is 31.2 Å². The van der Waals surface area contributed by atoms with Gasteiger partial charge in [0.15, 0.2) is 0 Å². The molecule has 0 unspecified atom stereocenters. The molecule has 0 saturated carbocycles. The molecule has 0 aliphatic carbocycles. The zero-order chi connectivity index (χ0) is 21.0. The molecule has 150 valence electrons. The quantitative estimate of drug-likeness (QED) is 0.546. The molecule has 0 bridgehead atoms. The van der Waals surface area contributed by atoms with Crippen LogP contribution in [0.3, 0.4) is 0 Å². The van der Waals surface area contributed by atoms with E-state index in [1.807, 2.05) is 0 Å². The summed E-state index contributed by atoms with van der Waals surface area (Å²) in [5.41, 5.74) is 7.27. The van der Waals surface area contributed by atoms with Crippen molar-refractivity contribution in [2.24, 2.45) is 5.73 Å². The van der Waals surface area contributed by atoms with Gasteiger partial charge in [0, 0.05) is 24.3 Å². The third-order valence-corrected chi connectivity index (χ3v) is 4.76. The number of hydrogen-bond acceptors (Lipinski definition) is 5. The van der Waals surface area contributed by atoms with Crippen molar-refractivity contribution in [1.82, 2.24) is 10.5 Å². The first-order valence-corrected chi connectivity index (χ1v) is 9.48. The second-order valence-electron chi connectivity index (χ2n) is 6.14. The molecule has 2 amide bonds. The predicted octanol–water partition coefficient (Wildman–Crippen LogP) is 3.90. The molecule has 0 aliphatic heterocycles. The van der Waals surface area contributed by atoms with Crippen molar-refractivity contribution in [2.75, 3.05) is 18.4 Å². The van der Waals surface area contributed by atoms with Gasteiger partial charge in [0.05, 0.1) is 15.6 Å². The monoisotopic (exact) mass is 432 g/mol. The van der Waals surface area contributed by atoms with Crippen molar-refractivity contribution in [3.05, 3.63) is 69.4 Å². The van der Waals surface area contributed by atoms with Gasteiger partial charge in [0.2, 0.25) is 0 Å². The first-order valence-electron chi connectivity index (χ1n) is 8.72. The number of aromatic nitrogens is 1. The van der Waals surface area contributed by atoms with E-state index in [0.29, 0.717) is 40.8 Å². The van der Waals surface area contributed by atoms with Gasteiger partial charge in [-0.2, -0.15) is 0 Å². The number of nitrogens with zero attached hydrogens (tertiary/aromatic N) is 1. The molecular formula is C20H18Cl2N4O3. The number of nitrogens with one attached hydrogen (secondary N) is 2. The number of aryl methyl sites for hydroxylation is 1. The van der Waals surface area contributed by atoms with Crippen LogP contribution in [0.25, 0.3) is 11.3 Å². The molecule has 0 spiro atoms. The van der Waals surface area contributed by atoms with Crippen molar-refractivity contribution in [2.45, 2.75) is 6.92 Å². The first kappa shape index (κ1) is 20.9. The Balaban J connectivity index is 1.85. The van der Waals surface area contributed by atoms with E-state index in [9.17, 15) is 9.59 Å². The van der Waals surface area contributed by atoms with Crippen molar-refractivity contribution in [3.8, 4) is 11.3 Å². The second kappa shape index (κ2) is 9.09. The molecule has 0 fully saturated rings. The molecule has 3 aromatic rings. The van der Waals surface area contributed by atoms with Crippen LogP contribution in [0.15, 0.2) is 47.0 Å². The number of carbonyl (C=O) groups is 2. The van der Waals surface area contributed by atoms with Gasteiger partial charge in [-0.3, -0.25) is 9.59 Å². The van der Waals surface area contributed by atoms with Crippen LogP contribution < -0.4 is 16.4 Å². The minimum absolute atomic E-state index is 0.200. The maximum Gasteiger partial charge on any atom is 0.261 e. The Morgan fingerprint density at radius 3 is 2.55 bits per heavy atom. The number of benzene rings is 2. The van der Waals surface area contributed by atoms with Gasteiger partial charge in [-0.25, -0.2) is 0 Å². The highest BCUT2D eigenvalue weighted by Crippen LogP contribution is 2.31. The smallest absolute Gasteiger partial charge is 0.261 e. The van der Waals surface area contributed by atoms with Crippen LogP contribution in [0.2, 0.25) is 10.0 Å². The predicted molar refractivity (Wildman–Crippen MR) is 112 cm³/mol. The summed E-state index contributed by atoms with van der Waals surface area (Å²) in [6.45, 7) is 2.30. The van der Waals surface area contributed by atoms with Crippen molar-refractivity contribution in [3.63, 3.8) is 0 Å². The number of carbonyl (C=O) groups excluding carboxylic acids is 2. The molecular weight excluding hydrogens is 415 g/mol. The zero-order valence-corrected chi connectivity index (χ0v) is 17.0. The van der Waals surface area contributed by atoms with E-state index >= 15 is 0 Å². The van der Waals surface area contributed by atoms with Crippen LogP contribution in [0.4, 0.5) is 5.69 Å². The first-order chi connectivity index (χ1) is 13.9. The fourth-order valence-corrected chi connectivity index (χ4v) is 3.22. The number of anilines is 1. The average molecular weight is 433 g/mol. The second-order valence-corrected chi connectivity index (χ2v) is 6.95. The molecule has 0 atom stereocenters. The molecule has 0 radical (unpaired) electrons. The summed E-state index contributed by atoms with van der Waals surface area (Å²) >= 11 is 12.4. The Morgan fingerprint density at radius 1 is 1.10 bits per heavy atom. The van der Waals surface area contributed by atoms with Gasteiger partial charge in [0.1, 0.15) is 17.0 Å². The van der Waals surface area contributed by atoms with E-state index in [2.05, 4.69) is 15.8 Å². The fraction of sp³-hybridized carbons (Fsp3) is 0.150. The maximum atomic E-state index is 12.9. The highest BCUT2D eigenvalue weighted by molar-refractivity contribution is 6.34. The molecule has 4 N–H and O–H groups in total. The number of halogens is 2. The summed E-state index contributed by atoms with van der Waals surface area (Å²) in [5, 5.41) is 10.0. The fourth-order valence-electron chi connectivity index (χ4n) is 2.73. The van der Waals surface area contributed by atoms with Crippen molar-refractivity contribution < 1.29 is 14.1 Å². The van der Waals surface area contributed by atoms with Crippen LogP contribution in [0, 0.1) is 6.92 Å². The summed E-state index contributed by atoms with van der Waals surface area (Å²) in [7, 11) is 0. The number of hydrogen-bond donors (Lipinski definition) is 3. The van der Waals surface area contributed by atoms with Crippen LogP contribution in [-0.2, 0) is 0 Å². The largest absolute Gasteiger partial charge is 0.360 e. The highest BCUT2D eigenvalue weighted by atomic mass is 35.5. The normalized spacial score (nSPS) is 10.6. The summed E-state index contributed by atoms with van der Waals surface area (Å²) < 4.78 is 5.22. The maximum absolute atomic E-state index is 12.9. The topological polar surface area (TPSA) is 110 Å². The summed E-state index contributed by atoms with van der Waals surface area (Å²) in [5.74, 6) is -0.425. The van der Waals surface area contributed by atoms with E-state index in [4.69, 9.17) is 33.5 Å². The van der Waals surface area contributed by atoms with E-state index in [0.717, 1.165) is 0 Å². The number of amides is 2. The summed E-state index contributed by atoms with van der Waals surface area (Å²) in [6.07, 6.45) is 0. The molecule has 7 nitrogen and oxygen atoms in total. The molecule has 1 heterocycles. The van der Waals surface area contributed by atoms with E-state index in [1.165, 1.54) is 12.1 Å². The van der Waals surface area contributed by atoms with E-state index in [1.54, 1.807) is 37.3 Å². The SMILES string of the molecule is Cc1onc(-c2ccccc2Cl)c1C(=O)Nc1ccc(C(=O)NCCN)c(Cl)c1. The van der Waals surface area contributed by atoms with E-state index in [-0.39, 0.29) is 22.1 Å². The van der Waals surface area contributed by atoms with Crippen LogP contribution in [-0.4, -0.2) is 30.1 Å². The number of nitrogens with two attached hydrogens (primary N) is 1. The molecule has 29 heavy (non-hydrogen) atoms. The molecule has 9 heteroatoms. The minimum Gasteiger partial charge on any atom is -0.360 e. The van der Waals surface area contributed by atoms with Crippen LogP contribution >= 0.6 is 23.2 Å². The third-order valence-electron chi connectivity index (χ3n) is 4.12. The molecule has 0 saturated heterocycles. The van der Waals surface area contributed by atoms with Gasteiger partial charge in [-0.1, -0.05) is 46.6 Å². The Kier molecular flexibility index (Phi) is 6.53. The van der Waals surface area contributed by atoms with Gasteiger partial charge in [0.25, 0.3) is 11.8 Å². The van der Waals surface area contributed by atoms with Crippen LogP contribution in [0.1, 0.15) is 26.5 Å². The Morgan fingerprint density at radius 2 is 1.86 bits per heavy atom. The summed E-state index contributed by atoms with van der Waals surface area (Å²) in [4.78, 5) is 24.9. The molecule has 0 aliphatic rings. The molecule has 2 aromatic carbocycles. The zero-order valence-electron chi connectivity index (χ0n) is 15.5. The minimum atomic E-state index is -0.435. The van der Waals surface area contributed by atoms with E-state index < -0.39 is 5.91 Å².